The lowest BCUT2D eigenvalue weighted by Crippen LogP contribution is -2.32. The minimum Gasteiger partial charge on any atom is -0.371 e. The van der Waals surface area contributed by atoms with Crippen molar-refractivity contribution in [3.63, 3.8) is 0 Å². The fourth-order valence-corrected chi connectivity index (χ4v) is 3.66. The second-order valence-electron chi connectivity index (χ2n) is 6.42. The van der Waals surface area contributed by atoms with Gasteiger partial charge in [0.25, 0.3) is 0 Å². The molecule has 130 valence electrons. The standard InChI is InChI=1S/C17H24N4O2S/c1-19(2)17(22)13-23-12-14-8-20(11-16-4-3-7-24-16)10-15-5-6-18-21(15)9-14/h3-7,14H,8-13H2,1-2H3/t14-/m0/s1. The van der Waals surface area contributed by atoms with Crippen molar-refractivity contribution in [2.45, 2.75) is 19.6 Å². The van der Waals surface area contributed by atoms with Gasteiger partial charge in [-0.2, -0.15) is 5.10 Å². The number of carbonyl (C=O) groups excluding carboxylic acids is 1. The number of fused-ring (bicyclic) bond motifs is 1. The number of ether oxygens (including phenoxy) is 1. The molecule has 3 heterocycles. The SMILES string of the molecule is CN(C)C(=O)COC[C@H]1CN(Cc2cccs2)Cc2ccnn2C1. The van der Waals surface area contributed by atoms with E-state index in [1.165, 1.54) is 10.6 Å². The Morgan fingerprint density at radius 1 is 1.42 bits per heavy atom. The number of likely N-dealkylation sites (N-methyl/N-ethyl adjacent to an activating group) is 1. The van der Waals surface area contributed by atoms with Crippen LogP contribution in [0.2, 0.25) is 0 Å². The molecule has 2 aromatic heterocycles. The zero-order valence-corrected chi connectivity index (χ0v) is 15.0. The average molecular weight is 348 g/mol. The maximum Gasteiger partial charge on any atom is 0.248 e. The molecule has 1 amide bonds. The van der Waals surface area contributed by atoms with Gasteiger partial charge in [-0.05, 0) is 17.5 Å². The molecular weight excluding hydrogens is 324 g/mol. The third kappa shape index (κ3) is 4.43. The Bertz CT molecular complexity index is 653. The topological polar surface area (TPSA) is 50.6 Å². The van der Waals surface area contributed by atoms with Crippen molar-refractivity contribution in [1.82, 2.24) is 19.6 Å². The number of nitrogens with zero attached hydrogens (tertiary/aromatic N) is 4. The Balaban J connectivity index is 1.62. The highest BCUT2D eigenvalue weighted by Crippen LogP contribution is 2.20. The van der Waals surface area contributed by atoms with Crippen molar-refractivity contribution < 1.29 is 9.53 Å². The summed E-state index contributed by atoms with van der Waals surface area (Å²) in [4.78, 5) is 17.0. The fourth-order valence-electron chi connectivity index (χ4n) is 2.91. The van der Waals surface area contributed by atoms with E-state index in [1.54, 1.807) is 30.3 Å². The molecule has 0 unspecified atom stereocenters. The maximum absolute atomic E-state index is 11.7. The van der Waals surface area contributed by atoms with Crippen molar-refractivity contribution in [3.05, 3.63) is 40.3 Å². The highest BCUT2D eigenvalue weighted by Gasteiger charge is 2.23. The van der Waals surface area contributed by atoms with Crippen molar-refractivity contribution >= 4 is 17.2 Å². The molecule has 1 atom stereocenters. The molecule has 24 heavy (non-hydrogen) atoms. The van der Waals surface area contributed by atoms with Crippen LogP contribution in [-0.4, -0.2) is 59.3 Å². The van der Waals surface area contributed by atoms with E-state index in [0.717, 1.165) is 26.2 Å². The van der Waals surface area contributed by atoms with E-state index >= 15 is 0 Å². The van der Waals surface area contributed by atoms with Gasteiger partial charge in [0.1, 0.15) is 6.61 Å². The summed E-state index contributed by atoms with van der Waals surface area (Å²) < 4.78 is 7.74. The lowest BCUT2D eigenvalue weighted by molar-refractivity contribution is -0.134. The smallest absolute Gasteiger partial charge is 0.248 e. The van der Waals surface area contributed by atoms with E-state index in [0.29, 0.717) is 12.5 Å². The van der Waals surface area contributed by atoms with E-state index in [4.69, 9.17) is 4.74 Å². The van der Waals surface area contributed by atoms with Crippen molar-refractivity contribution in [1.29, 1.82) is 0 Å². The fraction of sp³-hybridized carbons (Fsp3) is 0.529. The Hall–Kier alpha value is -1.70. The number of amides is 1. The predicted octanol–water partition coefficient (Wildman–Crippen LogP) is 1.68. The molecule has 0 fully saturated rings. The Morgan fingerprint density at radius 2 is 2.29 bits per heavy atom. The minimum absolute atomic E-state index is 0.00107. The summed E-state index contributed by atoms with van der Waals surface area (Å²) in [6.45, 7) is 4.32. The largest absolute Gasteiger partial charge is 0.371 e. The number of carbonyl (C=O) groups is 1. The third-order valence-electron chi connectivity index (χ3n) is 4.18. The van der Waals surface area contributed by atoms with E-state index in [-0.39, 0.29) is 12.5 Å². The Kier molecular flexibility index (Phi) is 5.65. The Morgan fingerprint density at radius 3 is 3.04 bits per heavy atom. The summed E-state index contributed by atoms with van der Waals surface area (Å²) >= 11 is 1.79. The maximum atomic E-state index is 11.7. The number of thiophene rings is 1. The molecule has 0 spiro atoms. The van der Waals surface area contributed by atoms with Crippen LogP contribution >= 0.6 is 11.3 Å². The molecule has 0 saturated carbocycles. The van der Waals surface area contributed by atoms with E-state index in [9.17, 15) is 4.79 Å². The first-order valence-corrected chi connectivity index (χ1v) is 9.03. The third-order valence-corrected chi connectivity index (χ3v) is 5.04. The lowest BCUT2D eigenvalue weighted by atomic mass is 10.1. The molecular formula is C17H24N4O2S. The van der Waals surface area contributed by atoms with E-state index in [1.807, 2.05) is 6.20 Å². The van der Waals surface area contributed by atoms with Gasteiger partial charge in [0.05, 0.1) is 12.3 Å². The van der Waals surface area contributed by atoms with Gasteiger partial charge in [-0.1, -0.05) is 6.07 Å². The highest BCUT2D eigenvalue weighted by atomic mass is 32.1. The molecule has 0 saturated heterocycles. The second kappa shape index (κ2) is 7.92. The van der Waals surface area contributed by atoms with Gasteiger partial charge in [-0.3, -0.25) is 14.4 Å². The van der Waals surface area contributed by atoms with Gasteiger partial charge in [0.15, 0.2) is 0 Å². The summed E-state index contributed by atoms with van der Waals surface area (Å²) in [5.74, 6) is 0.319. The molecule has 0 bridgehead atoms. The number of aromatic nitrogens is 2. The monoisotopic (exact) mass is 348 g/mol. The van der Waals surface area contributed by atoms with Crippen LogP contribution in [0.3, 0.4) is 0 Å². The summed E-state index contributed by atoms with van der Waals surface area (Å²) in [6.07, 6.45) is 1.86. The van der Waals surface area contributed by atoms with Crippen LogP contribution < -0.4 is 0 Å². The van der Waals surface area contributed by atoms with Crippen molar-refractivity contribution in [3.8, 4) is 0 Å². The van der Waals surface area contributed by atoms with Crippen LogP contribution in [0.25, 0.3) is 0 Å². The molecule has 2 aromatic rings. The molecule has 0 N–H and O–H groups in total. The van der Waals surface area contributed by atoms with Gasteiger partial charge in [-0.25, -0.2) is 0 Å². The van der Waals surface area contributed by atoms with Crippen LogP contribution in [0, 0.1) is 5.92 Å². The highest BCUT2D eigenvalue weighted by molar-refractivity contribution is 7.09. The summed E-state index contributed by atoms with van der Waals surface area (Å²) in [6, 6.07) is 6.35. The number of rotatable bonds is 6. The summed E-state index contributed by atoms with van der Waals surface area (Å²) in [7, 11) is 3.49. The van der Waals surface area contributed by atoms with Gasteiger partial charge in [0, 0.05) is 57.3 Å². The first-order chi connectivity index (χ1) is 11.6. The Labute approximate surface area is 146 Å². The zero-order chi connectivity index (χ0) is 16.9. The normalized spacial score (nSPS) is 18.2. The van der Waals surface area contributed by atoms with Crippen molar-refractivity contribution in [2.75, 3.05) is 33.9 Å². The lowest BCUT2D eigenvalue weighted by Gasteiger charge is -2.23. The van der Waals surface area contributed by atoms with Gasteiger partial charge in [-0.15, -0.1) is 11.3 Å². The molecule has 0 aromatic carbocycles. The molecule has 7 heteroatoms. The second-order valence-corrected chi connectivity index (χ2v) is 7.46. The van der Waals surface area contributed by atoms with Crippen LogP contribution in [0.15, 0.2) is 29.8 Å². The molecule has 1 aliphatic heterocycles. The quantitative estimate of drug-likeness (QED) is 0.797. The predicted molar refractivity (Wildman–Crippen MR) is 93.7 cm³/mol. The van der Waals surface area contributed by atoms with Crippen LogP contribution in [0.5, 0.6) is 0 Å². The van der Waals surface area contributed by atoms with E-state index < -0.39 is 0 Å². The van der Waals surface area contributed by atoms with Crippen LogP contribution in [0.4, 0.5) is 0 Å². The summed E-state index contributed by atoms with van der Waals surface area (Å²) in [5.41, 5.74) is 1.23. The molecule has 6 nitrogen and oxygen atoms in total. The molecule has 3 rings (SSSR count). The van der Waals surface area contributed by atoms with Gasteiger partial charge in [0.2, 0.25) is 5.91 Å². The first kappa shape index (κ1) is 17.1. The van der Waals surface area contributed by atoms with Gasteiger partial charge >= 0.3 is 0 Å². The molecule has 0 radical (unpaired) electrons. The van der Waals surface area contributed by atoms with Crippen LogP contribution in [-0.2, 0) is 29.2 Å². The summed E-state index contributed by atoms with van der Waals surface area (Å²) in [5, 5.41) is 6.55. The van der Waals surface area contributed by atoms with E-state index in [2.05, 4.69) is 38.3 Å². The minimum atomic E-state index is -0.00107. The molecule has 0 aliphatic carbocycles. The van der Waals surface area contributed by atoms with Crippen molar-refractivity contribution in [2.24, 2.45) is 5.92 Å². The molecule has 1 aliphatic rings. The number of hydrogen-bond acceptors (Lipinski definition) is 5. The first-order valence-electron chi connectivity index (χ1n) is 8.15. The number of hydrogen-bond donors (Lipinski definition) is 0. The average Bonchev–Trinajstić information content (AvgIpc) is 3.16. The van der Waals surface area contributed by atoms with Crippen LogP contribution in [0.1, 0.15) is 10.6 Å². The van der Waals surface area contributed by atoms with Gasteiger partial charge < -0.3 is 9.64 Å². The zero-order valence-electron chi connectivity index (χ0n) is 14.2.